The summed E-state index contributed by atoms with van der Waals surface area (Å²) in [5, 5.41) is 9.45. The van der Waals surface area contributed by atoms with Gasteiger partial charge < -0.3 is 24.8 Å². The molecule has 2 N–H and O–H groups in total. The first-order valence-corrected chi connectivity index (χ1v) is 11.4. The minimum absolute atomic E-state index is 0.302. The van der Waals surface area contributed by atoms with Gasteiger partial charge in [0.05, 0.1) is 49.3 Å². The molecule has 0 bridgehead atoms. The first kappa shape index (κ1) is 22.3. The summed E-state index contributed by atoms with van der Waals surface area (Å²) in [7, 11) is 0. The number of nitrogens with zero attached hydrogens (tertiary/aromatic N) is 4. The molecule has 5 rings (SSSR count). The van der Waals surface area contributed by atoms with Crippen LogP contribution in [-0.2, 0) is 15.9 Å². The number of benzene rings is 1. The van der Waals surface area contributed by atoms with E-state index in [1.807, 2.05) is 43.5 Å². The summed E-state index contributed by atoms with van der Waals surface area (Å²) >= 11 is 0. The highest BCUT2D eigenvalue weighted by atomic mass is 16.5. The van der Waals surface area contributed by atoms with Crippen molar-refractivity contribution in [3.05, 3.63) is 65.5 Å². The Morgan fingerprint density at radius 3 is 2.62 bits per heavy atom. The van der Waals surface area contributed by atoms with Crippen LogP contribution < -0.4 is 15.4 Å². The van der Waals surface area contributed by atoms with Crippen LogP contribution in [0, 0.1) is 18.3 Å². The fourth-order valence-electron chi connectivity index (χ4n) is 4.21. The number of rotatable bonds is 6. The van der Waals surface area contributed by atoms with Crippen LogP contribution in [-0.4, -0.2) is 55.0 Å². The van der Waals surface area contributed by atoms with E-state index in [0.717, 1.165) is 47.8 Å². The van der Waals surface area contributed by atoms with Crippen LogP contribution in [0.2, 0.25) is 0 Å². The number of aryl methyl sites for hydroxylation is 1. The fourth-order valence-corrected chi connectivity index (χ4v) is 4.21. The topological polar surface area (TPSA) is 107 Å². The standard InChI is InChI=1S/C26H27N5O3/c1-18-10-21(12-25(30-18)31-6-8-32-9-7-31)34-24-11-19(14-27)2-4-22(24)23-5-3-20(15-29-23)13-26(28)16-33-17-26/h2-5,10-12,15H,6-9,13,16-17,28H2,1H3. The van der Waals surface area contributed by atoms with Gasteiger partial charge in [-0.1, -0.05) is 6.07 Å². The van der Waals surface area contributed by atoms with Gasteiger partial charge in [-0.15, -0.1) is 0 Å². The highest BCUT2D eigenvalue weighted by Crippen LogP contribution is 2.35. The normalized spacial score (nSPS) is 17.0. The van der Waals surface area contributed by atoms with Gasteiger partial charge in [0.25, 0.3) is 0 Å². The summed E-state index contributed by atoms with van der Waals surface area (Å²) in [6.45, 7) is 6.02. The molecule has 2 saturated heterocycles. The number of hydrogen-bond donors (Lipinski definition) is 1. The van der Waals surface area contributed by atoms with Crippen LogP contribution >= 0.6 is 0 Å². The van der Waals surface area contributed by atoms with Crippen LogP contribution in [0.25, 0.3) is 11.3 Å². The lowest BCUT2D eigenvalue weighted by atomic mass is 9.91. The van der Waals surface area contributed by atoms with Gasteiger partial charge >= 0.3 is 0 Å². The van der Waals surface area contributed by atoms with Gasteiger partial charge in [0.15, 0.2) is 0 Å². The van der Waals surface area contributed by atoms with E-state index in [1.165, 1.54) is 0 Å². The molecule has 0 saturated carbocycles. The Hall–Kier alpha value is -3.51. The van der Waals surface area contributed by atoms with Gasteiger partial charge in [-0.3, -0.25) is 4.98 Å². The number of nitrogens with two attached hydrogens (primary N) is 1. The highest BCUT2D eigenvalue weighted by Gasteiger charge is 2.34. The highest BCUT2D eigenvalue weighted by molar-refractivity contribution is 5.69. The molecule has 0 radical (unpaired) electrons. The van der Waals surface area contributed by atoms with E-state index < -0.39 is 0 Å². The number of morpholine rings is 1. The largest absolute Gasteiger partial charge is 0.456 e. The van der Waals surface area contributed by atoms with Crippen LogP contribution in [0.3, 0.4) is 0 Å². The predicted molar refractivity (Wildman–Crippen MR) is 128 cm³/mol. The molecule has 2 aromatic heterocycles. The smallest absolute Gasteiger partial charge is 0.138 e. The zero-order chi connectivity index (χ0) is 23.5. The summed E-state index contributed by atoms with van der Waals surface area (Å²) in [5.41, 5.74) is 9.99. The molecule has 34 heavy (non-hydrogen) atoms. The van der Waals surface area contributed by atoms with Crippen molar-refractivity contribution >= 4 is 5.82 Å². The molecule has 3 aromatic rings. The Morgan fingerprint density at radius 1 is 1.12 bits per heavy atom. The molecule has 0 atom stereocenters. The van der Waals surface area contributed by atoms with Crippen molar-refractivity contribution in [1.29, 1.82) is 5.26 Å². The predicted octanol–water partition coefficient (Wildman–Crippen LogP) is 3.22. The third kappa shape index (κ3) is 4.87. The number of aromatic nitrogens is 2. The van der Waals surface area contributed by atoms with E-state index >= 15 is 0 Å². The molecular formula is C26H27N5O3. The Labute approximate surface area is 198 Å². The summed E-state index contributed by atoms with van der Waals surface area (Å²) < 4.78 is 17.0. The second-order valence-electron chi connectivity index (χ2n) is 8.91. The number of hydrogen-bond acceptors (Lipinski definition) is 8. The van der Waals surface area contributed by atoms with Crippen LogP contribution in [0.1, 0.15) is 16.8 Å². The molecule has 0 aliphatic carbocycles. The number of anilines is 1. The summed E-state index contributed by atoms with van der Waals surface area (Å²) in [6.07, 6.45) is 2.56. The average molecular weight is 458 g/mol. The molecule has 1 aromatic carbocycles. The molecule has 2 fully saturated rings. The van der Waals surface area contributed by atoms with Crippen molar-refractivity contribution < 1.29 is 14.2 Å². The van der Waals surface area contributed by atoms with E-state index in [1.54, 1.807) is 12.1 Å². The number of ether oxygens (including phenoxy) is 3. The molecular weight excluding hydrogens is 430 g/mol. The monoisotopic (exact) mass is 457 g/mol. The second kappa shape index (κ2) is 9.39. The second-order valence-corrected chi connectivity index (χ2v) is 8.91. The zero-order valence-corrected chi connectivity index (χ0v) is 19.2. The van der Waals surface area contributed by atoms with Crippen molar-refractivity contribution in [3.63, 3.8) is 0 Å². The van der Waals surface area contributed by atoms with Crippen LogP contribution in [0.15, 0.2) is 48.7 Å². The molecule has 0 unspecified atom stereocenters. The van der Waals surface area contributed by atoms with Crippen molar-refractivity contribution in [1.82, 2.24) is 9.97 Å². The van der Waals surface area contributed by atoms with Gasteiger partial charge in [-0.05, 0) is 43.2 Å². The maximum Gasteiger partial charge on any atom is 0.138 e. The van der Waals surface area contributed by atoms with E-state index in [0.29, 0.717) is 43.5 Å². The lowest BCUT2D eigenvalue weighted by Gasteiger charge is -2.37. The Balaban J connectivity index is 1.43. The minimum atomic E-state index is -0.302. The van der Waals surface area contributed by atoms with Crippen molar-refractivity contribution in [2.24, 2.45) is 5.73 Å². The summed E-state index contributed by atoms with van der Waals surface area (Å²) in [6, 6.07) is 15.4. The molecule has 2 aliphatic rings. The van der Waals surface area contributed by atoms with Crippen LogP contribution in [0.5, 0.6) is 11.5 Å². The third-order valence-corrected chi connectivity index (χ3v) is 6.02. The van der Waals surface area contributed by atoms with Gasteiger partial charge in [0, 0.05) is 42.7 Å². The Kier molecular flexibility index (Phi) is 6.16. The van der Waals surface area contributed by atoms with E-state index in [4.69, 9.17) is 19.9 Å². The quantitative estimate of drug-likeness (QED) is 0.601. The van der Waals surface area contributed by atoms with Crippen molar-refractivity contribution in [3.8, 4) is 28.8 Å². The maximum atomic E-state index is 9.45. The van der Waals surface area contributed by atoms with E-state index in [9.17, 15) is 5.26 Å². The van der Waals surface area contributed by atoms with Crippen LogP contribution in [0.4, 0.5) is 5.82 Å². The summed E-state index contributed by atoms with van der Waals surface area (Å²) in [5.74, 6) is 2.09. The number of pyridine rings is 2. The van der Waals surface area contributed by atoms with Gasteiger partial charge in [0.2, 0.25) is 0 Å². The molecule has 8 heteroatoms. The third-order valence-electron chi connectivity index (χ3n) is 6.02. The van der Waals surface area contributed by atoms with Crippen molar-refractivity contribution in [2.75, 3.05) is 44.4 Å². The maximum absolute atomic E-state index is 9.45. The minimum Gasteiger partial charge on any atom is -0.456 e. The van der Waals surface area contributed by atoms with E-state index in [2.05, 4.69) is 20.9 Å². The zero-order valence-electron chi connectivity index (χ0n) is 19.2. The molecule has 174 valence electrons. The Morgan fingerprint density at radius 2 is 1.94 bits per heavy atom. The summed E-state index contributed by atoms with van der Waals surface area (Å²) in [4.78, 5) is 11.5. The first-order valence-electron chi connectivity index (χ1n) is 11.4. The fraction of sp³-hybridized carbons (Fsp3) is 0.346. The lowest BCUT2D eigenvalue weighted by molar-refractivity contribution is -0.0529. The lowest BCUT2D eigenvalue weighted by Crippen LogP contribution is -2.58. The van der Waals surface area contributed by atoms with Gasteiger partial charge in [-0.25, -0.2) is 4.98 Å². The van der Waals surface area contributed by atoms with Gasteiger partial charge in [0.1, 0.15) is 17.3 Å². The first-order chi connectivity index (χ1) is 16.5. The molecule has 8 nitrogen and oxygen atoms in total. The average Bonchev–Trinajstić information content (AvgIpc) is 2.84. The molecule has 2 aliphatic heterocycles. The number of nitriles is 1. The van der Waals surface area contributed by atoms with Crippen molar-refractivity contribution in [2.45, 2.75) is 18.9 Å². The molecule has 0 spiro atoms. The Bertz CT molecular complexity index is 1210. The van der Waals surface area contributed by atoms with Gasteiger partial charge in [-0.2, -0.15) is 5.26 Å². The SMILES string of the molecule is Cc1cc(Oc2cc(C#N)ccc2-c2ccc(CC3(N)COC3)cn2)cc(N2CCOCC2)n1. The molecule has 4 heterocycles. The molecule has 0 amide bonds. The van der Waals surface area contributed by atoms with E-state index in [-0.39, 0.29) is 5.54 Å².